The number of hydrogen-bond acceptors (Lipinski definition) is 6. The number of fused-ring (bicyclic) bond motifs is 5. The van der Waals surface area contributed by atoms with Gasteiger partial charge in [0, 0.05) is 13.0 Å². The zero-order chi connectivity index (χ0) is 31.9. The first-order valence-corrected chi connectivity index (χ1v) is 28.3. The van der Waals surface area contributed by atoms with E-state index in [2.05, 4.69) is 126 Å². The summed E-state index contributed by atoms with van der Waals surface area (Å²) < 4.78 is 37.0. The molecule has 0 aromatic heterocycles. The Balaban J connectivity index is 2.27. The lowest BCUT2D eigenvalue weighted by Gasteiger charge is -2.56. The first-order valence-electron chi connectivity index (χ1n) is 16.2. The Bertz CT molecular complexity index is 946. The van der Waals surface area contributed by atoms with Crippen LogP contribution in [0.15, 0.2) is 0 Å². The van der Waals surface area contributed by atoms with Crippen LogP contribution in [0.5, 0.6) is 0 Å². The first kappa shape index (κ1) is 36.1. The van der Waals surface area contributed by atoms with E-state index in [1.807, 2.05) is 0 Å². The molecule has 0 N–H and O–H groups in total. The molecule has 6 nitrogen and oxygen atoms in total. The van der Waals surface area contributed by atoms with Gasteiger partial charge in [0.1, 0.15) is 18.1 Å². The molecule has 3 aliphatic rings. The molecule has 0 aromatic rings. The molecule has 0 spiro atoms. The Morgan fingerprint density at radius 3 is 1.68 bits per heavy atom. The number of nitrogens with zero attached hydrogens (tertiary/aromatic N) is 1. The monoisotopic (exact) mass is 645 g/mol. The minimum atomic E-state index is -2.24. The second kappa shape index (κ2) is 10.9. The summed E-state index contributed by atoms with van der Waals surface area (Å²) in [5, 5.41) is 0.234. The summed E-state index contributed by atoms with van der Waals surface area (Å²) >= 11 is 0. The summed E-state index contributed by atoms with van der Waals surface area (Å²) in [5.74, 6) is 0. The lowest BCUT2D eigenvalue weighted by molar-refractivity contribution is -0.240. The molecule has 3 saturated heterocycles. The third kappa shape index (κ3) is 6.63. The Labute approximate surface area is 258 Å². The zero-order valence-electron chi connectivity index (χ0n) is 30.3. The zero-order valence-corrected chi connectivity index (χ0v) is 34.3. The maximum absolute atomic E-state index is 7.60. The van der Waals surface area contributed by atoms with E-state index in [1.54, 1.807) is 0 Å². The molecular formula is C31H67NO5Si4. The number of ether oxygens (including phenoxy) is 1. The predicted molar refractivity (Wildman–Crippen MR) is 183 cm³/mol. The molecule has 0 amide bonds. The van der Waals surface area contributed by atoms with E-state index in [-0.39, 0.29) is 33.6 Å². The standard InChI is InChI=1S/C31H67NO5Si4/c1-27(2,3)39(13,14)33-23-30-26(36-41(17,18)29(7,8)9)24(35-40(15,16)28(4,5)6)22-25(34-30)32-21-19-20-31(30,32)37-38(10,11)12/h24-26H,19-23H2,1-18H3/t24-,25+,26+,30-,31+/m1/s1. The van der Waals surface area contributed by atoms with Gasteiger partial charge < -0.3 is 22.4 Å². The van der Waals surface area contributed by atoms with Crippen LogP contribution in [0, 0.1) is 0 Å². The van der Waals surface area contributed by atoms with Crippen molar-refractivity contribution < 1.29 is 22.4 Å². The average molecular weight is 646 g/mol. The van der Waals surface area contributed by atoms with Crippen LogP contribution in [0.25, 0.3) is 0 Å². The highest BCUT2D eigenvalue weighted by Gasteiger charge is 2.75. The van der Waals surface area contributed by atoms with Gasteiger partial charge in [-0.25, -0.2) is 4.90 Å². The Kier molecular flexibility index (Phi) is 9.57. The second-order valence-corrected chi connectivity index (χ2v) is 37.5. The third-order valence-electron chi connectivity index (χ3n) is 11.4. The van der Waals surface area contributed by atoms with Crippen LogP contribution in [0.4, 0.5) is 0 Å². The van der Waals surface area contributed by atoms with Crippen molar-refractivity contribution in [3.05, 3.63) is 0 Å². The molecular weight excluding hydrogens is 579 g/mol. The fourth-order valence-electron chi connectivity index (χ4n) is 5.90. The van der Waals surface area contributed by atoms with Gasteiger partial charge in [-0.05, 0) is 86.9 Å². The third-order valence-corrected chi connectivity index (χ3v) is 25.8. The fraction of sp³-hybridized carbons (Fsp3) is 1.00. The maximum atomic E-state index is 7.60. The summed E-state index contributed by atoms with van der Waals surface area (Å²) in [6.07, 6.45) is 2.47. The van der Waals surface area contributed by atoms with E-state index in [0.717, 1.165) is 25.8 Å². The summed E-state index contributed by atoms with van der Waals surface area (Å²) in [4.78, 5) is 2.57. The lowest BCUT2D eigenvalue weighted by Crippen LogP contribution is -2.73. The highest BCUT2D eigenvalue weighted by molar-refractivity contribution is 6.75. The maximum Gasteiger partial charge on any atom is 0.192 e. The highest BCUT2D eigenvalue weighted by Crippen LogP contribution is 2.59. The number of rotatable bonds is 9. The van der Waals surface area contributed by atoms with Crippen molar-refractivity contribution >= 4 is 33.3 Å². The molecule has 5 atom stereocenters. The van der Waals surface area contributed by atoms with Gasteiger partial charge in [0.05, 0.1) is 12.7 Å². The topological polar surface area (TPSA) is 49.4 Å². The molecule has 242 valence electrons. The molecule has 3 rings (SSSR count). The Morgan fingerprint density at radius 1 is 0.732 bits per heavy atom. The molecule has 10 heteroatoms. The van der Waals surface area contributed by atoms with Crippen LogP contribution in [0.1, 0.15) is 81.6 Å². The largest absolute Gasteiger partial charge is 0.414 e. The second-order valence-electron chi connectivity index (χ2n) is 18.8. The van der Waals surface area contributed by atoms with Crippen molar-refractivity contribution in [1.29, 1.82) is 0 Å². The van der Waals surface area contributed by atoms with Crippen molar-refractivity contribution in [2.24, 2.45) is 0 Å². The van der Waals surface area contributed by atoms with Gasteiger partial charge in [-0.15, -0.1) is 0 Å². The molecule has 0 unspecified atom stereocenters. The molecule has 0 saturated carbocycles. The van der Waals surface area contributed by atoms with Gasteiger partial charge in [0.25, 0.3) is 0 Å². The summed E-state index contributed by atoms with van der Waals surface area (Å²) in [7, 11) is -8.47. The van der Waals surface area contributed by atoms with Crippen LogP contribution in [-0.4, -0.2) is 81.1 Å². The van der Waals surface area contributed by atoms with Crippen molar-refractivity contribution in [2.45, 2.75) is 185 Å². The van der Waals surface area contributed by atoms with Crippen LogP contribution in [-0.2, 0) is 22.4 Å². The molecule has 3 aliphatic heterocycles. The Hall–Kier alpha value is 0.628. The van der Waals surface area contributed by atoms with Gasteiger partial charge in [0.15, 0.2) is 38.9 Å². The van der Waals surface area contributed by atoms with Crippen LogP contribution in [0.3, 0.4) is 0 Å². The van der Waals surface area contributed by atoms with Crippen molar-refractivity contribution in [3.8, 4) is 0 Å². The van der Waals surface area contributed by atoms with Crippen molar-refractivity contribution in [1.82, 2.24) is 4.90 Å². The van der Waals surface area contributed by atoms with E-state index >= 15 is 0 Å². The van der Waals surface area contributed by atoms with E-state index in [4.69, 9.17) is 22.4 Å². The van der Waals surface area contributed by atoms with Gasteiger partial charge in [0.2, 0.25) is 0 Å². The summed E-state index contributed by atoms with van der Waals surface area (Å²) in [6.45, 7) is 43.6. The van der Waals surface area contributed by atoms with Crippen LogP contribution >= 0.6 is 0 Å². The van der Waals surface area contributed by atoms with E-state index < -0.39 is 44.6 Å². The van der Waals surface area contributed by atoms with Gasteiger partial charge in [-0.3, -0.25) is 0 Å². The predicted octanol–water partition coefficient (Wildman–Crippen LogP) is 8.93. The molecule has 3 heterocycles. The SMILES string of the molecule is CC(C)(C)[Si](C)(C)OC[C@@]12O[C@@H](C[C@@H](O[Si](C)(C)C(C)(C)C)[C@@H]1O[Si](C)(C)C(C)(C)C)N1CCC[C@@]12O[Si](C)(C)C. The molecule has 0 aliphatic carbocycles. The highest BCUT2D eigenvalue weighted by atomic mass is 28.4. The molecule has 41 heavy (non-hydrogen) atoms. The summed E-state index contributed by atoms with van der Waals surface area (Å²) in [5.41, 5.74) is -1.33. The fourth-order valence-corrected chi connectivity index (χ4v) is 11.0. The normalized spacial score (nSPS) is 32.5. The quantitative estimate of drug-likeness (QED) is 0.233. The van der Waals surface area contributed by atoms with E-state index in [9.17, 15) is 0 Å². The van der Waals surface area contributed by atoms with Crippen molar-refractivity contribution in [3.63, 3.8) is 0 Å². The first-order chi connectivity index (χ1) is 18.0. The van der Waals surface area contributed by atoms with Gasteiger partial charge in [-0.1, -0.05) is 62.3 Å². The minimum Gasteiger partial charge on any atom is -0.414 e. The smallest absolute Gasteiger partial charge is 0.192 e. The minimum absolute atomic E-state index is 0.0492. The number of hydrogen-bond donors (Lipinski definition) is 0. The van der Waals surface area contributed by atoms with Crippen LogP contribution in [0.2, 0.25) is 74.0 Å². The van der Waals surface area contributed by atoms with Gasteiger partial charge >= 0.3 is 0 Å². The molecule has 0 radical (unpaired) electrons. The van der Waals surface area contributed by atoms with Gasteiger partial charge in [-0.2, -0.15) is 0 Å². The molecule has 0 aromatic carbocycles. The van der Waals surface area contributed by atoms with E-state index in [0.29, 0.717) is 6.61 Å². The van der Waals surface area contributed by atoms with E-state index in [1.165, 1.54) is 0 Å². The lowest BCUT2D eigenvalue weighted by atomic mass is 9.81. The van der Waals surface area contributed by atoms with Crippen molar-refractivity contribution in [2.75, 3.05) is 13.2 Å². The average Bonchev–Trinajstić information content (AvgIpc) is 3.21. The molecule has 2 bridgehead atoms. The molecule has 3 fully saturated rings. The van der Waals surface area contributed by atoms with Crippen LogP contribution < -0.4 is 0 Å². The summed E-state index contributed by atoms with van der Waals surface area (Å²) in [6, 6.07) is 0. The Morgan fingerprint density at radius 2 is 1.22 bits per heavy atom.